The Morgan fingerprint density at radius 2 is 1.86 bits per heavy atom. The van der Waals surface area contributed by atoms with Crippen LogP contribution in [0.4, 0.5) is 5.95 Å². The monoisotopic (exact) mass is 389 g/mol. The van der Waals surface area contributed by atoms with Crippen molar-refractivity contribution in [3.05, 3.63) is 18.5 Å². The lowest BCUT2D eigenvalue weighted by atomic mass is 10.1. The molecule has 1 N–H and O–H groups in total. The van der Waals surface area contributed by atoms with Gasteiger partial charge in [-0.1, -0.05) is 0 Å². The van der Waals surface area contributed by atoms with Crippen LogP contribution in [0, 0.1) is 0 Å². The van der Waals surface area contributed by atoms with Crippen molar-refractivity contribution in [2.45, 2.75) is 32.3 Å². The highest BCUT2D eigenvalue weighted by atomic mass is 16.5. The Morgan fingerprint density at radius 3 is 2.50 bits per heavy atom. The van der Waals surface area contributed by atoms with Crippen molar-refractivity contribution in [1.29, 1.82) is 0 Å². The van der Waals surface area contributed by atoms with E-state index in [1.165, 1.54) is 0 Å². The number of aliphatic imine (C=N–C) groups is 1. The number of piperazine rings is 1. The number of nitrogens with zero attached hydrogens (tertiary/aromatic N) is 6. The molecule has 2 fully saturated rings. The van der Waals surface area contributed by atoms with Gasteiger partial charge in [-0.2, -0.15) is 0 Å². The standard InChI is InChI=1S/C20H35N7O/c1-3-28-18-6-12-26(13-7-18)19(21-2)22-10-5-11-25-14-16-27(17-15-25)20-23-8-4-9-24-20/h4,8-9,18H,3,5-7,10-17H2,1-2H3,(H,21,22). The first kappa shape index (κ1) is 20.8. The van der Waals surface area contributed by atoms with Gasteiger partial charge in [0.1, 0.15) is 0 Å². The maximum Gasteiger partial charge on any atom is 0.225 e. The highest BCUT2D eigenvalue weighted by molar-refractivity contribution is 5.79. The summed E-state index contributed by atoms with van der Waals surface area (Å²) in [4.78, 5) is 20.3. The summed E-state index contributed by atoms with van der Waals surface area (Å²) in [5.41, 5.74) is 0. The minimum Gasteiger partial charge on any atom is -0.378 e. The van der Waals surface area contributed by atoms with E-state index in [9.17, 15) is 0 Å². The number of hydrogen-bond acceptors (Lipinski definition) is 6. The molecule has 0 amide bonds. The molecule has 1 aromatic rings. The lowest BCUT2D eigenvalue weighted by molar-refractivity contribution is 0.0264. The van der Waals surface area contributed by atoms with Crippen LogP contribution in [0.2, 0.25) is 0 Å². The Kier molecular flexibility index (Phi) is 8.29. The molecule has 0 atom stereocenters. The van der Waals surface area contributed by atoms with Gasteiger partial charge in [0.15, 0.2) is 5.96 Å². The van der Waals surface area contributed by atoms with E-state index in [-0.39, 0.29) is 0 Å². The molecule has 0 saturated carbocycles. The summed E-state index contributed by atoms with van der Waals surface area (Å²) < 4.78 is 5.74. The SMILES string of the molecule is CCOC1CCN(C(=NC)NCCCN2CCN(c3ncccn3)CC2)CC1. The average Bonchev–Trinajstić information content (AvgIpc) is 2.76. The van der Waals surface area contributed by atoms with Crippen molar-refractivity contribution in [3.63, 3.8) is 0 Å². The summed E-state index contributed by atoms with van der Waals surface area (Å²) in [6.45, 7) is 11.1. The van der Waals surface area contributed by atoms with E-state index in [4.69, 9.17) is 4.74 Å². The molecule has 2 aliphatic rings. The Hall–Kier alpha value is -1.93. The van der Waals surface area contributed by atoms with Crippen LogP contribution in [0.25, 0.3) is 0 Å². The molecule has 2 saturated heterocycles. The summed E-state index contributed by atoms with van der Waals surface area (Å²) in [6, 6.07) is 1.86. The van der Waals surface area contributed by atoms with E-state index in [1.807, 2.05) is 25.5 Å². The molecule has 3 heterocycles. The molecule has 0 radical (unpaired) electrons. The minimum absolute atomic E-state index is 0.416. The molecule has 0 spiro atoms. The minimum atomic E-state index is 0.416. The largest absolute Gasteiger partial charge is 0.378 e. The Morgan fingerprint density at radius 1 is 1.14 bits per heavy atom. The first-order valence-corrected chi connectivity index (χ1v) is 10.6. The molecule has 28 heavy (non-hydrogen) atoms. The van der Waals surface area contributed by atoms with Crippen molar-refractivity contribution in [2.24, 2.45) is 4.99 Å². The first-order chi connectivity index (χ1) is 13.8. The van der Waals surface area contributed by atoms with Crippen molar-refractivity contribution >= 4 is 11.9 Å². The molecule has 156 valence electrons. The lowest BCUT2D eigenvalue weighted by Crippen LogP contribution is -2.49. The third kappa shape index (κ3) is 6.04. The Labute approximate surface area is 169 Å². The topological polar surface area (TPSA) is 69.1 Å². The highest BCUT2D eigenvalue weighted by Gasteiger charge is 2.22. The molecule has 0 aliphatic carbocycles. The maximum absolute atomic E-state index is 5.74. The van der Waals surface area contributed by atoms with Gasteiger partial charge in [-0.25, -0.2) is 9.97 Å². The molecular weight excluding hydrogens is 354 g/mol. The van der Waals surface area contributed by atoms with Crippen LogP contribution in [0.3, 0.4) is 0 Å². The molecule has 8 heteroatoms. The number of guanidine groups is 1. The molecule has 0 bridgehead atoms. The third-order valence-electron chi connectivity index (χ3n) is 5.50. The lowest BCUT2D eigenvalue weighted by Gasteiger charge is -2.35. The fourth-order valence-corrected chi connectivity index (χ4v) is 3.93. The summed E-state index contributed by atoms with van der Waals surface area (Å²) in [6.07, 6.45) is 7.34. The van der Waals surface area contributed by atoms with Crippen molar-refractivity contribution in [3.8, 4) is 0 Å². The third-order valence-corrected chi connectivity index (χ3v) is 5.50. The summed E-state index contributed by atoms with van der Waals surface area (Å²) in [7, 11) is 1.88. The van der Waals surface area contributed by atoms with Gasteiger partial charge in [0.05, 0.1) is 6.10 Å². The molecule has 0 unspecified atom stereocenters. The second-order valence-electron chi connectivity index (χ2n) is 7.35. The van der Waals surface area contributed by atoms with Gasteiger partial charge in [0.2, 0.25) is 5.95 Å². The van der Waals surface area contributed by atoms with Gasteiger partial charge in [-0.15, -0.1) is 0 Å². The van der Waals surface area contributed by atoms with Crippen molar-refractivity contribution in [2.75, 3.05) is 70.9 Å². The normalized spacial score (nSPS) is 19.9. The van der Waals surface area contributed by atoms with E-state index in [1.54, 1.807) is 0 Å². The summed E-state index contributed by atoms with van der Waals surface area (Å²) in [5, 5.41) is 3.54. The van der Waals surface area contributed by atoms with Gasteiger partial charge in [-0.05, 0) is 38.8 Å². The van der Waals surface area contributed by atoms with Crippen molar-refractivity contribution < 1.29 is 4.74 Å². The number of piperidine rings is 1. The second-order valence-corrected chi connectivity index (χ2v) is 7.35. The van der Waals surface area contributed by atoms with Gasteiger partial charge >= 0.3 is 0 Å². The number of rotatable bonds is 7. The van der Waals surface area contributed by atoms with Crippen LogP contribution in [0.5, 0.6) is 0 Å². The quantitative estimate of drug-likeness (QED) is 0.425. The van der Waals surface area contributed by atoms with Gasteiger partial charge < -0.3 is 19.9 Å². The zero-order valence-electron chi connectivity index (χ0n) is 17.4. The van der Waals surface area contributed by atoms with Crippen LogP contribution in [-0.2, 0) is 4.74 Å². The zero-order valence-corrected chi connectivity index (χ0v) is 17.4. The number of aromatic nitrogens is 2. The number of nitrogens with one attached hydrogen (secondary N) is 1. The van der Waals surface area contributed by atoms with E-state index in [0.29, 0.717) is 6.10 Å². The average molecular weight is 390 g/mol. The molecule has 3 rings (SSSR count). The smallest absolute Gasteiger partial charge is 0.225 e. The van der Waals surface area contributed by atoms with E-state index < -0.39 is 0 Å². The number of ether oxygens (including phenoxy) is 1. The van der Waals surface area contributed by atoms with Crippen LogP contribution < -0.4 is 10.2 Å². The van der Waals surface area contributed by atoms with Gasteiger partial charge in [-0.3, -0.25) is 9.89 Å². The predicted molar refractivity (Wildman–Crippen MR) is 113 cm³/mol. The van der Waals surface area contributed by atoms with Crippen LogP contribution in [0.1, 0.15) is 26.2 Å². The fraction of sp³-hybridized carbons (Fsp3) is 0.750. The number of likely N-dealkylation sites (tertiary alicyclic amines) is 1. The van der Waals surface area contributed by atoms with Crippen LogP contribution in [-0.4, -0.2) is 97.8 Å². The number of anilines is 1. The Bertz CT molecular complexity index is 581. The fourth-order valence-electron chi connectivity index (χ4n) is 3.93. The number of hydrogen-bond donors (Lipinski definition) is 1. The van der Waals surface area contributed by atoms with Crippen LogP contribution in [0.15, 0.2) is 23.5 Å². The predicted octanol–water partition coefficient (Wildman–Crippen LogP) is 1.07. The summed E-state index contributed by atoms with van der Waals surface area (Å²) in [5.74, 6) is 1.88. The molecule has 8 nitrogen and oxygen atoms in total. The molecule has 0 aromatic carbocycles. The van der Waals surface area contributed by atoms with Gasteiger partial charge in [0.25, 0.3) is 0 Å². The highest BCUT2D eigenvalue weighted by Crippen LogP contribution is 2.14. The molecular formula is C20H35N7O. The molecule has 1 aromatic heterocycles. The Balaban J connectivity index is 1.30. The maximum atomic E-state index is 5.74. The summed E-state index contributed by atoms with van der Waals surface area (Å²) >= 11 is 0. The van der Waals surface area contributed by atoms with E-state index in [0.717, 1.165) is 90.1 Å². The first-order valence-electron chi connectivity index (χ1n) is 10.6. The van der Waals surface area contributed by atoms with Crippen molar-refractivity contribution in [1.82, 2.24) is 25.1 Å². The second kappa shape index (κ2) is 11.2. The van der Waals surface area contributed by atoms with Crippen LogP contribution >= 0.6 is 0 Å². The van der Waals surface area contributed by atoms with E-state index in [2.05, 4.69) is 41.9 Å². The van der Waals surface area contributed by atoms with Gasteiger partial charge in [0, 0.05) is 71.9 Å². The molecule has 2 aliphatic heterocycles. The zero-order chi connectivity index (χ0) is 19.6. The van der Waals surface area contributed by atoms with E-state index >= 15 is 0 Å².